The summed E-state index contributed by atoms with van der Waals surface area (Å²) in [6.07, 6.45) is 3.18. The molecule has 2 aromatic heterocycles. The highest BCUT2D eigenvalue weighted by Gasteiger charge is 2.35. The number of rotatable bonds is 5. The molecule has 0 amide bonds. The lowest BCUT2D eigenvalue weighted by Crippen LogP contribution is -2.47. The van der Waals surface area contributed by atoms with Gasteiger partial charge in [0.05, 0.1) is 4.88 Å². The minimum absolute atomic E-state index is 0.285. The number of hydrogen-bond donors (Lipinski definition) is 0. The van der Waals surface area contributed by atoms with E-state index in [9.17, 15) is 4.79 Å². The second-order valence-corrected chi connectivity index (χ2v) is 9.76. The maximum absolute atomic E-state index is 13.0. The topological polar surface area (TPSA) is 59.2 Å². The van der Waals surface area contributed by atoms with E-state index in [0.29, 0.717) is 24.1 Å². The summed E-state index contributed by atoms with van der Waals surface area (Å²) < 4.78 is 6.54. The maximum Gasteiger partial charge on any atom is 0.258 e. The molecule has 5 heterocycles. The summed E-state index contributed by atoms with van der Waals surface area (Å²) in [5, 5.41) is 5.25. The zero-order valence-electron chi connectivity index (χ0n) is 17.2. The number of nitrogens with zero attached hydrogens (tertiary/aromatic N) is 3. The van der Waals surface area contributed by atoms with Gasteiger partial charge in [-0.15, -0.1) is 11.3 Å². The molecule has 0 aliphatic carbocycles. The molecule has 3 fully saturated rings. The molecule has 0 N–H and O–H groups in total. The molecule has 4 aromatic rings. The van der Waals surface area contributed by atoms with E-state index in [2.05, 4.69) is 21.1 Å². The molecular weight excluding hydrogens is 406 g/mol. The number of carbonyl (C=O) groups excluding carboxylic acids is 1. The number of aromatic nitrogens is 2. The highest BCUT2D eigenvalue weighted by atomic mass is 32.1. The van der Waals surface area contributed by atoms with E-state index in [4.69, 9.17) is 4.52 Å². The number of thiophene rings is 1. The van der Waals surface area contributed by atoms with E-state index < -0.39 is 0 Å². The van der Waals surface area contributed by atoms with Gasteiger partial charge in [0.25, 0.3) is 5.89 Å². The predicted octanol–water partition coefficient (Wildman–Crippen LogP) is 5.53. The molecule has 31 heavy (non-hydrogen) atoms. The van der Waals surface area contributed by atoms with E-state index >= 15 is 0 Å². The van der Waals surface area contributed by atoms with Crippen molar-refractivity contribution in [3.8, 4) is 22.8 Å². The second kappa shape index (κ2) is 7.70. The fourth-order valence-corrected chi connectivity index (χ4v) is 6.05. The minimum atomic E-state index is 0.285. The number of hydrogen-bond acceptors (Lipinski definition) is 6. The van der Waals surface area contributed by atoms with Gasteiger partial charge in [0.15, 0.2) is 5.78 Å². The van der Waals surface area contributed by atoms with Crippen LogP contribution in [-0.4, -0.2) is 40.5 Å². The summed E-state index contributed by atoms with van der Waals surface area (Å²) in [6.45, 7) is 3.51. The van der Waals surface area contributed by atoms with Crippen molar-refractivity contribution in [1.29, 1.82) is 0 Å². The minimum Gasteiger partial charge on any atom is -0.334 e. The van der Waals surface area contributed by atoms with Crippen molar-refractivity contribution in [3.63, 3.8) is 0 Å². The van der Waals surface area contributed by atoms with Gasteiger partial charge in [-0.3, -0.25) is 4.79 Å². The number of ketones is 1. The molecule has 3 aliphatic rings. The fourth-order valence-electron chi connectivity index (χ4n) is 5.00. The highest BCUT2D eigenvalue weighted by molar-refractivity contribution is 7.20. The smallest absolute Gasteiger partial charge is 0.258 e. The lowest BCUT2D eigenvalue weighted by molar-refractivity contribution is 0.0442. The monoisotopic (exact) mass is 429 g/mol. The van der Waals surface area contributed by atoms with E-state index in [1.54, 1.807) is 11.3 Å². The van der Waals surface area contributed by atoms with E-state index in [0.717, 1.165) is 38.6 Å². The SMILES string of the molecule is O=C(C[C@H]1CN2CCC1CC2)c1cc2ccc(-c3noc(-c4ccccc4)n3)cc2s1. The quantitative estimate of drug-likeness (QED) is 0.390. The Morgan fingerprint density at radius 3 is 2.68 bits per heavy atom. The molecule has 3 saturated heterocycles. The molecule has 0 spiro atoms. The van der Waals surface area contributed by atoms with Crippen LogP contribution in [0.25, 0.3) is 32.9 Å². The van der Waals surface area contributed by atoms with Gasteiger partial charge < -0.3 is 9.42 Å². The molecular formula is C25H23N3O2S. The van der Waals surface area contributed by atoms with Gasteiger partial charge >= 0.3 is 0 Å². The number of piperidine rings is 3. The fraction of sp³-hybridized carbons (Fsp3) is 0.320. The summed E-state index contributed by atoms with van der Waals surface area (Å²) in [7, 11) is 0. The predicted molar refractivity (Wildman–Crippen MR) is 122 cm³/mol. The molecule has 0 unspecified atom stereocenters. The largest absolute Gasteiger partial charge is 0.334 e. The van der Waals surface area contributed by atoms with Crippen molar-refractivity contribution in [1.82, 2.24) is 15.0 Å². The van der Waals surface area contributed by atoms with Gasteiger partial charge in [-0.05, 0) is 67.4 Å². The van der Waals surface area contributed by atoms with Gasteiger partial charge in [0.1, 0.15) is 0 Å². The summed E-state index contributed by atoms with van der Waals surface area (Å²) >= 11 is 1.58. The third-order valence-corrected chi connectivity index (χ3v) is 7.88. The van der Waals surface area contributed by atoms with Crippen LogP contribution in [0.1, 0.15) is 28.9 Å². The first-order chi connectivity index (χ1) is 15.2. The van der Waals surface area contributed by atoms with Crippen LogP contribution < -0.4 is 0 Å². The van der Waals surface area contributed by atoms with Gasteiger partial charge in [0, 0.05) is 28.8 Å². The zero-order chi connectivity index (χ0) is 20.8. The number of fused-ring (bicyclic) bond motifs is 4. The average Bonchev–Trinajstić information content (AvgIpc) is 3.48. The van der Waals surface area contributed by atoms with Crippen LogP contribution in [-0.2, 0) is 0 Å². The lowest BCUT2D eigenvalue weighted by atomic mass is 9.76. The van der Waals surface area contributed by atoms with Crippen molar-refractivity contribution in [2.24, 2.45) is 11.8 Å². The third kappa shape index (κ3) is 3.60. The van der Waals surface area contributed by atoms with Crippen LogP contribution in [0.3, 0.4) is 0 Å². The molecule has 2 aromatic carbocycles. The summed E-state index contributed by atoms with van der Waals surface area (Å²) in [4.78, 5) is 21.0. The first kappa shape index (κ1) is 18.9. The van der Waals surface area contributed by atoms with Crippen LogP contribution in [0.4, 0.5) is 0 Å². The molecule has 156 valence electrons. The van der Waals surface area contributed by atoms with Crippen LogP contribution in [0, 0.1) is 11.8 Å². The zero-order valence-corrected chi connectivity index (χ0v) is 18.0. The van der Waals surface area contributed by atoms with E-state index in [-0.39, 0.29) is 5.78 Å². The average molecular weight is 430 g/mol. The molecule has 6 heteroatoms. The standard InChI is InChI=1S/C25H23N3O2S/c29-21(12-20-15-28-10-8-16(20)9-11-28)23-13-18-6-7-19(14-22(18)31-23)24-26-25(30-27-24)17-4-2-1-3-5-17/h1-7,13-14,16,20H,8-12,15H2/t20-/m0/s1. The van der Waals surface area contributed by atoms with Crippen LogP contribution in [0.15, 0.2) is 59.1 Å². The maximum atomic E-state index is 13.0. The molecule has 2 bridgehead atoms. The Labute approximate surface area is 184 Å². The first-order valence-electron chi connectivity index (χ1n) is 10.9. The van der Waals surface area contributed by atoms with Gasteiger partial charge in [0.2, 0.25) is 5.82 Å². The second-order valence-electron chi connectivity index (χ2n) is 8.68. The van der Waals surface area contributed by atoms with Crippen LogP contribution >= 0.6 is 11.3 Å². The van der Waals surface area contributed by atoms with Crippen molar-refractivity contribution < 1.29 is 9.32 Å². The molecule has 7 rings (SSSR count). The Morgan fingerprint density at radius 2 is 1.90 bits per heavy atom. The molecule has 0 radical (unpaired) electrons. The molecule has 3 aliphatic heterocycles. The normalized spacial score (nSPS) is 22.8. The number of carbonyl (C=O) groups is 1. The van der Waals surface area contributed by atoms with Crippen molar-refractivity contribution >= 4 is 27.2 Å². The Morgan fingerprint density at radius 1 is 1.06 bits per heavy atom. The number of benzene rings is 2. The Bertz CT molecular complexity index is 1240. The first-order valence-corrected chi connectivity index (χ1v) is 11.7. The van der Waals surface area contributed by atoms with Crippen molar-refractivity contribution in [3.05, 3.63) is 59.5 Å². The van der Waals surface area contributed by atoms with Crippen LogP contribution in [0.5, 0.6) is 0 Å². The third-order valence-electron chi connectivity index (χ3n) is 6.74. The summed E-state index contributed by atoms with van der Waals surface area (Å²) in [5.41, 5.74) is 1.80. The van der Waals surface area contributed by atoms with E-state index in [1.807, 2.05) is 48.5 Å². The summed E-state index contributed by atoms with van der Waals surface area (Å²) in [5.74, 6) is 2.61. The van der Waals surface area contributed by atoms with Crippen molar-refractivity contribution in [2.45, 2.75) is 19.3 Å². The Balaban J connectivity index is 1.23. The Hall–Kier alpha value is -2.83. The molecule has 1 atom stereocenters. The number of Topliss-reactive ketones (excluding diaryl/α,β-unsaturated/α-hetero) is 1. The van der Waals surface area contributed by atoms with Gasteiger partial charge in [-0.2, -0.15) is 4.98 Å². The molecule has 5 nitrogen and oxygen atoms in total. The Kier molecular flexibility index (Phi) is 4.69. The molecule has 0 saturated carbocycles. The summed E-state index contributed by atoms with van der Waals surface area (Å²) in [6, 6.07) is 17.9. The van der Waals surface area contributed by atoms with Crippen molar-refractivity contribution in [2.75, 3.05) is 19.6 Å². The van der Waals surface area contributed by atoms with Gasteiger partial charge in [-0.25, -0.2) is 0 Å². The van der Waals surface area contributed by atoms with Gasteiger partial charge in [-0.1, -0.05) is 35.5 Å². The van der Waals surface area contributed by atoms with E-state index in [1.165, 1.54) is 25.9 Å². The highest BCUT2D eigenvalue weighted by Crippen LogP contribution is 2.36. The lowest BCUT2D eigenvalue weighted by Gasteiger charge is -2.44. The van der Waals surface area contributed by atoms with Crippen LogP contribution in [0.2, 0.25) is 0 Å².